The summed E-state index contributed by atoms with van der Waals surface area (Å²) < 4.78 is 13.3. The van der Waals surface area contributed by atoms with Crippen LogP contribution in [0.3, 0.4) is 0 Å². The number of nitro groups is 1. The summed E-state index contributed by atoms with van der Waals surface area (Å²) in [4.78, 5) is 25.2. The molecule has 20 heavy (non-hydrogen) atoms. The van der Waals surface area contributed by atoms with Gasteiger partial charge in [-0.25, -0.2) is 4.98 Å². The molecular formula is C12H8FN3O4. The fourth-order valence-electron chi connectivity index (χ4n) is 1.52. The number of carbonyl (C=O) groups is 1. The number of rotatable bonds is 3. The van der Waals surface area contributed by atoms with Crippen LogP contribution in [0.15, 0.2) is 36.5 Å². The summed E-state index contributed by atoms with van der Waals surface area (Å²) >= 11 is 0. The Morgan fingerprint density at radius 3 is 2.80 bits per heavy atom. The summed E-state index contributed by atoms with van der Waals surface area (Å²) in [6.07, 6.45) is 1.18. The van der Waals surface area contributed by atoms with Gasteiger partial charge in [0.15, 0.2) is 0 Å². The highest BCUT2D eigenvalue weighted by Crippen LogP contribution is 2.28. The molecule has 1 aromatic heterocycles. The van der Waals surface area contributed by atoms with Crippen LogP contribution in [-0.4, -0.2) is 20.9 Å². The zero-order chi connectivity index (χ0) is 14.7. The second kappa shape index (κ2) is 5.31. The minimum Gasteiger partial charge on any atom is -0.508 e. The van der Waals surface area contributed by atoms with Gasteiger partial charge < -0.3 is 10.4 Å². The van der Waals surface area contributed by atoms with Crippen molar-refractivity contribution >= 4 is 17.3 Å². The number of amides is 1. The molecule has 0 atom stereocenters. The maximum atomic E-state index is 13.3. The van der Waals surface area contributed by atoms with Crippen LogP contribution in [0.25, 0.3) is 0 Å². The molecule has 1 aromatic carbocycles. The van der Waals surface area contributed by atoms with Crippen molar-refractivity contribution in [2.45, 2.75) is 0 Å². The minimum absolute atomic E-state index is 0.152. The predicted octanol–water partition coefficient (Wildman–Crippen LogP) is 2.09. The van der Waals surface area contributed by atoms with Crippen LogP contribution in [0, 0.1) is 16.1 Å². The van der Waals surface area contributed by atoms with Crippen LogP contribution in [0.1, 0.15) is 10.4 Å². The van der Waals surface area contributed by atoms with Crippen molar-refractivity contribution < 1.29 is 19.2 Å². The quantitative estimate of drug-likeness (QED) is 0.387. The van der Waals surface area contributed by atoms with E-state index in [9.17, 15) is 24.4 Å². The van der Waals surface area contributed by atoms with E-state index in [2.05, 4.69) is 10.3 Å². The summed E-state index contributed by atoms with van der Waals surface area (Å²) in [5, 5.41) is 22.2. The Morgan fingerprint density at radius 1 is 1.40 bits per heavy atom. The van der Waals surface area contributed by atoms with E-state index >= 15 is 0 Å². The number of hydrogen-bond acceptors (Lipinski definition) is 5. The molecule has 0 fully saturated rings. The van der Waals surface area contributed by atoms with Crippen LogP contribution in [0.5, 0.6) is 5.75 Å². The predicted molar refractivity (Wildman–Crippen MR) is 66.9 cm³/mol. The maximum Gasteiger partial charge on any atom is 0.296 e. The average Bonchev–Trinajstić information content (AvgIpc) is 2.41. The van der Waals surface area contributed by atoms with Crippen LogP contribution in [-0.2, 0) is 0 Å². The molecule has 0 spiro atoms. The maximum absolute atomic E-state index is 13.3. The SMILES string of the molecule is O=C(Nc1ccc(O)cc1[N+](=O)[O-])c1cccnc1F. The number of aromatic hydroxyl groups is 1. The molecule has 0 bridgehead atoms. The topological polar surface area (TPSA) is 105 Å². The lowest BCUT2D eigenvalue weighted by Gasteiger charge is -2.06. The van der Waals surface area contributed by atoms with Crippen molar-refractivity contribution in [1.82, 2.24) is 4.98 Å². The molecule has 1 amide bonds. The molecule has 2 N–H and O–H groups in total. The lowest BCUT2D eigenvalue weighted by atomic mass is 10.2. The number of nitro benzene ring substituents is 1. The molecule has 8 heteroatoms. The first-order valence-electron chi connectivity index (χ1n) is 5.38. The molecule has 0 aliphatic rings. The van der Waals surface area contributed by atoms with Gasteiger partial charge in [0, 0.05) is 6.20 Å². The standard InChI is InChI=1S/C12H8FN3O4/c13-11-8(2-1-5-14-11)12(18)15-9-4-3-7(17)6-10(9)16(19)20/h1-6,17H,(H,15,18). The van der Waals surface area contributed by atoms with E-state index in [0.717, 1.165) is 12.1 Å². The Bertz CT molecular complexity index is 690. The minimum atomic E-state index is -0.980. The van der Waals surface area contributed by atoms with Gasteiger partial charge in [0.25, 0.3) is 11.6 Å². The number of halogens is 1. The molecule has 2 rings (SSSR count). The van der Waals surface area contributed by atoms with Gasteiger partial charge >= 0.3 is 0 Å². The normalized spacial score (nSPS) is 10.1. The second-order valence-corrected chi connectivity index (χ2v) is 3.75. The highest BCUT2D eigenvalue weighted by atomic mass is 19.1. The van der Waals surface area contributed by atoms with E-state index < -0.39 is 22.5 Å². The number of pyridine rings is 1. The zero-order valence-corrected chi connectivity index (χ0v) is 9.91. The van der Waals surface area contributed by atoms with Crippen molar-refractivity contribution in [2.24, 2.45) is 0 Å². The lowest BCUT2D eigenvalue weighted by molar-refractivity contribution is -0.384. The average molecular weight is 277 g/mol. The van der Waals surface area contributed by atoms with Gasteiger partial charge in [0.1, 0.15) is 11.4 Å². The van der Waals surface area contributed by atoms with Crippen LogP contribution in [0.4, 0.5) is 15.8 Å². The Hall–Kier alpha value is -3.03. The van der Waals surface area contributed by atoms with Crippen molar-refractivity contribution in [3.05, 3.63) is 58.2 Å². The third kappa shape index (κ3) is 2.69. The summed E-state index contributed by atoms with van der Waals surface area (Å²) in [6.45, 7) is 0. The van der Waals surface area contributed by atoms with Gasteiger partial charge in [-0.2, -0.15) is 4.39 Å². The number of phenolic OH excluding ortho intramolecular Hbond substituents is 1. The largest absolute Gasteiger partial charge is 0.508 e. The third-order valence-corrected chi connectivity index (χ3v) is 2.43. The van der Waals surface area contributed by atoms with Gasteiger partial charge in [-0.15, -0.1) is 0 Å². The van der Waals surface area contributed by atoms with Crippen LogP contribution in [0.2, 0.25) is 0 Å². The number of carbonyl (C=O) groups excluding carboxylic acids is 1. The van der Waals surface area contributed by atoms with Crippen molar-refractivity contribution in [3.63, 3.8) is 0 Å². The highest BCUT2D eigenvalue weighted by molar-refractivity contribution is 6.05. The Labute approximate surface area is 111 Å². The van der Waals surface area contributed by atoms with Gasteiger partial charge in [0.2, 0.25) is 5.95 Å². The van der Waals surface area contributed by atoms with E-state index in [0.29, 0.717) is 0 Å². The Balaban J connectivity index is 2.33. The molecule has 1 heterocycles. The van der Waals surface area contributed by atoms with E-state index in [1.54, 1.807) is 0 Å². The molecule has 0 aliphatic heterocycles. The van der Waals surface area contributed by atoms with Gasteiger partial charge in [-0.3, -0.25) is 14.9 Å². The lowest BCUT2D eigenvalue weighted by Crippen LogP contribution is -2.15. The molecule has 0 unspecified atom stereocenters. The molecule has 0 radical (unpaired) electrons. The number of benzene rings is 1. The first-order valence-corrected chi connectivity index (χ1v) is 5.38. The Morgan fingerprint density at radius 2 is 2.15 bits per heavy atom. The highest BCUT2D eigenvalue weighted by Gasteiger charge is 2.19. The Kier molecular flexibility index (Phi) is 3.56. The molecule has 0 saturated carbocycles. The molecule has 7 nitrogen and oxygen atoms in total. The number of hydrogen-bond donors (Lipinski definition) is 2. The molecule has 0 aliphatic carbocycles. The molecule has 102 valence electrons. The summed E-state index contributed by atoms with van der Waals surface area (Å²) in [7, 11) is 0. The number of anilines is 1. The molecule has 0 saturated heterocycles. The van der Waals surface area contributed by atoms with Gasteiger partial charge in [0.05, 0.1) is 16.6 Å². The number of nitrogens with one attached hydrogen (secondary N) is 1. The third-order valence-electron chi connectivity index (χ3n) is 2.43. The van der Waals surface area contributed by atoms with Gasteiger partial charge in [-0.1, -0.05) is 0 Å². The van der Waals surface area contributed by atoms with Crippen LogP contribution < -0.4 is 5.32 Å². The van der Waals surface area contributed by atoms with E-state index in [1.165, 1.54) is 24.4 Å². The van der Waals surface area contributed by atoms with E-state index in [4.69, 9.17) is 0 Å². The fourth-order valence-corrected chi connectivity index (χ4v) is 1.52. The number of phenols is 1. The van der Waals surface area contributed by atoms with E-state index in [-0.39, 0.29) is 17.0 Å². The van der Waals surface area contributed by atoms with Gasteiger partial charge in [-0.05, 0) is 24.3 Å². The molecule has 2 aromatic rings. The smallest absolute Gasteiger partial charge is 0.296 e. The summed E-state index contributed by atoms with van der Waals surface area (Å²) in [5.41, 5.74) is -0.987. The van der Waals surface area contributed by atoms with Crippen LogP contribution >= 0.6 is 0 Å². The monoisotopic (exact) mass is 277 g/mol. The van der Waals surface area contributed by atoms with Crippen molar-refractivity contribution in [1.29, 1.82) is 0 Å². The summed E-state index contributed by atoms with van der Waals surface area (Å²) in [5.74, 6) is -2.17. The number of aromatic nitrogens is 1. The zero-order valence-electron chi connectivity index (χ0n) is 9.91. The second-order valence-electron chi connectivity index (χ2n) is 3.75. The van der Waals surface area contributed by atoms with E-state index in [1.807, 2.05) is 0 Å². The first kappa shape index (κ1) is 13.4. The van der Waals surface area contributed by atoms with Crippen molar-refractivity contribution in [2.75, 3.05) is 5.32 Å². The molecular weight excluding hydrogens is 269 g/mol. The first-order chi connectivity index (χ1) is 9.49. The summed E-state index contributed by atoms with van der Waals surface area (Å²) in [6, 6.07) is 5.77. The fraction of sp³-hybridized carbons (Fsp3) is 0. The number of nitrogens with zero attached hydrogens (tertiary/aromatic N) is 2. The van der Waals surface area contributed by atoms with Crippen molar-refractivity contribution in [3.8, 4) is 5.75 Å².